The summed E-state index contributed by atoms with van der Waals surface area (Å²) in [6.07, 6.45) is 3.02. The lowest BCUT2D eigenvalue weighted by molar-refractivity contribution is -0.604. The maximum Gasteiger partial charge on any atom is 0.401 e. The molecular formula is C8H6ClN3O. The normalized spacial score (nSPS) is 10.6. The van der Waals surface area contributed by atoms with Crippen molar-refractivity contribution >= 4 is 22.6 Å². The summed E-state index contributed by atoms with van der Waals surface area (Å²) >= 11 is 5.54. The summed E-state index contributed by atoms with van der Waals surface area (Å²) in [5.41, 5.74) is 1.45. The first-order chi connectivity index (χ1) is 6.18. The summed E-state index contributed by atoms with van der Waals surface area (Å²) in [5.74, 6) is 0. The van der Waals surface area contributed by atoms with Crippen LogP contribution < -0.4 is 4.73 Å². The fraction of sp³-hybridized carbons (Fsp3) is 0.125. The second-order valence-electron chi connectivity index (χ2n) is 2.70. The second-order valence-corrected chi connectivity index (χ2v) is 3.04. The van der Waals surface area contributed by atoms with E-state index in [-0.39, 0.29) is 5.28 Å². The lowest BCUT2D eigenvalue weighted by Gasteiger charge is -2.02. The van der Waals surface area contributed by atoms with Crippen molar-refractivity contribution in [3.05, 3.63) is 34.5 Å². The highest BCUT2D eigenvalue weighted by molar-refractivity contribution is 6.27. The van der Waals surface area contributed by atoms with Gasteiger partial charge in [0.1, 0.15) is 6.20 Å². The van der Waals surface area contributed by atoms with E-state index in [0.29, 0.717) is 10.4 Å². The molecule has 0 spiro atoms. The van der Waals surface area contributed by atoms with Crippen molar-refractivity contribution in [3.8, 4) is 0 Å². The third-order valence-corrected chi connectivity index (χ3v) is 2.06. The van der Waals surface area contributed by atoms with Crippen LogP contribution in [0.15, 0.2) is 18.5 Å². The van der Waals surface area contributed by atoms with E-state index in [2.05, 4.69) is 9.97 Å². The monoisotopic (exact) mass is 195 g/mol. The molecule has 13 heavy (non-hydrogen) atoms. The number of aromatic nitrogens is 3. The van der Waals surface area contributed by atoms with Crippen molar-refractivity contribution < 1.29 is 4.73 Å². The van der Waals surface area contributed by atoms with Crippen molar-refractivity contribution in [1.82, 2.24) is 9.97 Å². The van der Waals surface area contributed by atoms with Crippen molar-refractivity contribution in [2.45, 2.75) is 6.92 Å². The minimum atomic E-state index is -0.106. The van der Waals surface area contributed by atoms with Gasteiger partial charge in [-0.15, -0.1) is 0 Å². The van der Waals surface area contributed by atoms with E-state index in [0.717, 1.165) is 10.9 Å². The molecule has 2 aromatic rings. The first-order valence-electron chi connectivity index (χ1n) is 3.69. The Kier molecular flexibility index (Phi) is 1.77. The van der Waals surface area contributed by atoms with Gasteiger partial charge in [0.05, 0.1) is 5.39 Å². The number of fused-ring (bicyclic) bond motifs is 1. The smallest absolute Gasteiger partial charge is 0.401 e. The van der Waals surface area contributed by atoms with E-state index in [9.17, 15) is 5.21 Å². The minimum absolute atomic E-state index is 0.106. The molecule has 2 heterocycles. The van der Waals surface area contributed by atoms with E-state index in [1.165, 1.54) is 6.20 Å². The Morgan fingerprint density at radius 3 is 3.08 bits per heavy atom. The maximum atomic E-state index is 11.1. The SMILES string of the molecule is Cc1ccnc2nc(Cl)[n+]([O-])cc12. The van der Waals surface area contributed by atoms with Gasteiger partial charge in [-0.2, -0.15) is 0 Å². The Morgan fingerprint density at radius 2 is 2.31 bits per heavy atom. The van der Waals surface area contributed by atoms with E-state index in [4.69, 9.17) is 11.6 Å². The quantitative estimate of drug-likeness (QED) is 0.361. The summed E-state index contributed by atoms with van der Waals surface area (Å²) in [7, 11) is 0. The summed E-state index contributed by atoms with van der Waals surface area (Å²) in [6.45, 7) is 1.89. The van der Waals surface area contributed by atoms with Gasteiger partial charge in [0, 0.05) is 17.8 Å². The van der Waals surface area contributed by atoms with Crippen LogP contribution in [0, 0.1) is 12.1 Å². The fourth-order valence-corrected chi connectivity index (χ4v) is 1.24. The molecule has 0 aliphatic carbocycles. The maximum absolute atomic E-state index is 11.1. The molecule has 2 aromatic heterocycles. The van der Waals surface area contributed by atoms with Crippen molar-refractivity contribution in [3.63, 3.8) is 0 Å². The van der Waals surface area contributed by atoms with E-state index in [1.807, 2.05) is 13.0 Å². The third kappa shape index (κ3) is 1.29. The number of hydrogen-bond acceptors (Lipinski definition) is 3. The van der Waals surface area contributed by atoms with Crippen LogP contribution in [0.3, 0.4) is 0 Å². The summed E-state index contributed by atoms with van der Waals surface area (Å²) < 4.78 is 0.526. The number of aryl methyl sites for hydroxylation is 1. The first-order valence-corrected chi connectivity index (χ1v) is 4.07. The second kappa shape index (κ2) is 2.81. The van der Waals surface area contributed by atoms with Crippen molar-refractivity contribution in [1.29, 1.82) is 0 Å². The van der Waals surface area contributed by atoms with E-state index in [1.54, 1.807) is 6.20 Å². The lowest BCUT2D eigenvalue weighted by atomic mass is 10.2. The Morgan fingerprint density at radius 1 is 1.54 bits per heavy atom. The van der Waals surface area contributed by atoms with Crippen LogP contribution in [0.5, 0.6) is 0 Å². The predicted octanol–water partition coefficient (Wildman–Crippen LogP) is 1.23. The molecule has 5 heteroatoms. The Bertz CT molecular complexity index is 472. The standard InChI is InChI=1S/C8H6ClN3O/c1-5-2-3-10-7-6(5)4-12(13)8(9)11-7/h2-4H,1H3. The first kappa shape index (κ1) is 8.19. The molecule has 0 aromatic carbocycles. The van der Waals surface area contributed by atoms with Gasteiger partial charge < -0.3 is 5.21 Å². The van der Waals surface area contributed by atoms with Gasteiger partial charge in [-0.25, -0.2) is 9.71 Å². The highest BCUT2D eigenvalue weighted by Crippen LogP contribution is 2.12. The van der Waals surface area contributed by atoms with E-state index < -0.39 is 0 Å². The molecule has 0 N–H and O–H groups in total. The molecule has 2 rings (SSSR count). The number of pyridine rings is 1. The van der Waals surface area contributed by atoms with Crippen LogP contribution in [-0.4, -0.2) is 9.97 Å². The zero-order chi connectivity index (χ0) is 9.42. The number of halogens is 1. The highest BCUT2D eigenvalue weighted by atomic mass is 35.5. The largest absolute Gasteiger partial charge is 0.710 e. The Labute approximate surface area is 79.4 Å². The molecule has 4 nitrogen and oxygen atoms in total. The molecule has 0 bridgehead atoms. The molecule has 0 saturated carbocycles. The van der Waals surface area contributed by atoms with Crippen LogP contribution in [0.4, 0.5) is 0 Å². The Balaban J connectivity index is 2.89. The average Bonchev–Trinajstić information content (AvgIpc) is 2.09. The predicted molar refractivity (Wildman–Crippen MR) is 48.2 cm³/mol. The van der Waals surface area contributed by atoms with Gasteiger partial charge in [-0.05, 0) is 23.5 Å². The number of nitrogens with zero attached hydrogens (tertiary/aromatic N) is 3. The zero-order valence-electron chi connectivity index (χ0n) is 6.86. The van der Waals surface area contributed by atoms with Gasteiger partial charge >= 0.3 is 5.28 Å². The Hall–Kier alpha value is -1.42. The summed E-state index contributed by atoms with van der Waals surface area (Å²) in [5, 5.41) is 11.7. The number of rotatable bonds is 0. The van der Waals surface area contributed by atoms with Crippen LogP contribution in [0.2, 0.25) is 5.28 Å². The minimum Gasteiger partial charge on any atom is -0.710 e. The molecule has 0 atom stereocenters. The van der Waals surface area contributed by atoms with Crippen molar-refractivity contribution in [2.75, 3.05) is 0 Å². The van der Waals surface area contributed by atoms with E-state index >= 15 is 0 Å². The molecule has 0 amide bonds. The summed E-state index contributed by atoms with van der Waals surface area (Å²) in [6, 6.07) is 1.82. The zero-order valence-corrected chi connectivity index (χ0v) is 7.62. The van der Waals surface area contributed by atoms with Crippen LogP contribution in [-0.2, 0) is 0 Å². The van der Waals surface area contributed by atoms with Gasteiger partial charge in [0.25, 0.3) is 5.65 Å². The topological polar surface area (TPSA) is 52.7 Å². The molecule has 0 aliphatic rings. The molecule has 0 fully saturated rings. The molecule has 0 radical (unpaired) electrons. The van der Waals surface area contributed by atoms with Crippen LogP contribution >= 0.6 is 11.6 Å². The average molecular weight is 196 g/mol. The van der Waals surface area contributed by atoms with Gasteiger partial charge in [0.2, 0.25) is 0 Å². The lowest BCUT2D eigenvalue weighted by Crippen LogP contribution is -2.28. The highest BCUT2D eigenvalue weighted by Gasteiger charge is 2.10. The van der Waals surface area contributed by atoms with Crippen LogP contribution in [0.25, 0.3) is 11.0 Å². The molecule has 0 unspecified atom stereocenters. The molecule has 66 valence electrons. The molecule has 0 saturated heterocycles. The van der Waals surface area contributed by atoms with Gasteiger partial charge in [0.15, 0.2) is 0 Å². The molecule has 0 aliphatic heterocycles. The summed E-state index contributed by atoms with van der Waals surface area (Å²) in [4.78, 5) is 7.84. The van der Waals surface area contributed by atoms with Crippen LogP contribution in [0.1, 0.15) is 5.56 Å². The van der Waals surface area contributed by atoms with Gasteiger partial charge in [-0.1, -0.05) is 0 Å². The number of hydrogen-bond donors (Lipinski definition) is 0. The van der Waals surface area contributed by atoms with Crippen molar-refractivity contribution in [2.24, 2.45) is 0 Å². The third-order valence-electron chi connectivity index (χ3n) is 1.81. The fourth-order valence-electron chi connectivity index (χ4n) is 1.11. The van der Waals surface area contributed by atoms with Gasteiger partial charge in [-0.3, -0.25) is 0 Å². The molecular weight excluding hydrogens is 190 g/mol.